The third-order valence-electron chi connectivity index (χ3n) is 2.48. The molecule has 1 aromatic carbocycles. The number of nitrogens with one attached hydrogen (secondary N) is 1. The van der Waals surface area contributed by atoms with E-state index in [2.05, 4.69) is 18.8 Å². The van der Waals surface area contributed by atoms with Gasteiger partial charge in [0.1, 0.15) is 0 Å². The largest absolute Gasteiger partial charge is 0.383 e. The van der Waals surface area contributed by atoms with Crippen LogP contribution >= 0.6 is 0 Å². The third kappa shape index (κ3) is 4.61. The van der Waals surface area contributed by atoms with Gasteiger partial charge in [0.05, 0.1) is 4.90 Å². The molecule has 1 aromatic rings. The van der Waals surface area contributed by atoms with Crippen LogP contribution < -0.4 is 5.32 Å². The summed E-state index contributed by atoms with van der Waals surface area (Å²) >= 11 is 0. The molecular formula is C13H19NO2S. The maximum atomic E-state index is 11.4. The summed E-state index contributed by atoms with van der Waals surface area (Å²) < 4.78 is 22.8. The maximum absolute atomic E-state index is 11.4. The van der Waals surface area contributed by atoms with E-state index in [9.17, 15) is 8.42 Å². The molecule has 0 heterocycles. The Kier molecular flexibility index (Phi) is 4.75. The lowest BCUT2D eigenvalue weighted by molar-refractivity contribution is 0.602. The molecule has 17 heavy (non-hydrogen) atoms. The van der Waals surface area contributed by atoms with Gasteiger partial charge in [-0.2, -0.15) is 0 Å². The molecule has 0 spiro atoms. The van der Waals surface area contributed by atoms with Crippen molar-refractivity contribution < 1.29 is 8.42 Å². The Morgan fingerprint density at radius 1 is 1.47 bits per heavy atom. The van der Waals surface area contributed by atoms with E-state index in [0.717, 1.165) is 18.5 Å². The Bertz CT molecular complexity index is 480. The van der Waals surface area contributed by atoms with E-state index >= 15 is 0 Å². The van der Waals surface area contributed by atoms with Crippen LogP contribution in [-0.2, 0) is 9.84 Å². The highest BCUT2D eigenvalue weighted by Gasteiger charge is 2.08. The molecule has 0 aliphatic carbocycles. The minimum atomic E-state index is -3.13. The second-order valence-electron chi connectivity index (χ2n) is 4.21. The Balaban J connectivity index is 2.76. The summed E-state index contributed by atoms with van der Waals surface area (Å²) in [7, 11) is -3.13. The fourth-order valence-electron chi connectivity index (χ4n) is 1.54. The van der Waals surface area contributed by atoms with Crippen molar-refractivity contribution in [1.29, 1.82) is 0 Å². The average Bonchev–Trinajstić information content (AvgIpc) is 2.25. The molecule has 0 amide bonds. The van der Waals surface area contributed by atoms with E-state index in [4.69, 9.17) is 0 Å². The number of benzene rings is 1. The predicted molar refractivity (Wildman–Crippen MR) is 72.1 cm³/mol. The van der Waals surface area contributed by atoms with Crippen molar-refractivity contribution >= 4 is 15.5 Å². The van der Waals surface area contributed by atoms with E-state index in [0.29, 0.717) is 10.9 Å². The summed E-state index contributed by atoms with van der Waals surface area (Å²) in [6.07, 6.45) is 5.02. The summed E-state index contributed by atoms with van der Waals surface area (Å²) in [6.45, 7) is 5.75. The van der Waals surface area contributed by atoms with Crippen LogP contribution in [0, 0.1) is 0 Å². The van der Waals surface area contributed by atoms with E-state index in [1.807, 2.05) is 12.1 Å². The topological polar surface area (TPSA) is 46.2 Å². The summed E-state index contributed by atoms with van der Waals surface area (Å²) in [5.41, 5.74) is 0.837. The molecule has 0 saturated heterocycles. The van der Waals surface area contributed by atoms with Crippen LogP contribution in [0.4, 0.5) is 5.69 Å². The van der Waals surface area contributed by atoms with E-state index in [1.54, 1.807) is 18.2 Å². The lowest BCUT2D eigenvalue weighted by Gasteiger charge is -2.14. The van der Waals surface area contributed by atoms with E-state index in [1.165, 1.54) is 6.26 Å². The zero-order chi connectivity index (χ0) is 12.9. The maximum Gasteiger partial charge on any atom is 0.175 e. The van der Waals surface area contributed by atoms with Gasteiger partial charge in [-0.25, -0.2) is 8.42 Å². The van der Waals surface area contributed by atoms with E-state index in [-0.39, 0.29) is 0 Å². The number of hydrogen-bond donors (Lipinski definition) is 1. The average molecular weight is 253 g/mol. The number of rotatable bonds is 6. The van der Waals surface area contributed by atoms with E-state index < -0.39 is 9.84 Å². The molecule has 1 N–H and O–H groups in total. The fraction of sp³-hybridized carbons (Fsp3) is 0.385. The molecule has 3 nitrogen and oxygen atoms in total. The molecule has 0 saturated carbocycles. The molecule has 1 atom stereocenters. The molecule has 0 fully saturated rings. The molecule has 0 aliphatic heterocycles. The van der Waals surface area contributed by atoms with Crippen LogP contribution in [0.15, 0.2) is 41.8 Å². The highest BCUT2D eigenvalue weighted by molar-refractivity contribution is 7.90. The molecular weight excluding hydrogens is 234 g/mol. The van der Waals surface area contributed by atoms with Gasteiger partial charge in [-0.1, -0.05) is 12.1 Å². The van der Waals surface area contributed by atoms with Crippen LogP contribution in [0.1, 0.15) is 19.8 Å². The number of allylic oxidation sites excluding steroid dienone is 1. The van der Waals surface area contributed by atoms with Crippen molar-refractivity contribution in [2.24, 2.45) is 0 Å². The van der Waals surface area contributed by atoms with Crippen LogP contribution in [0.3, 0.4) is 0 Å². The smallest absolute Gasteiger partial charge is 0.175 e. The van der Waals surface area contributed by atoms with Crippen LogP contribution in [0.5, 0.6) is 0 Å². The standard InChI is InChI=1S/C13H19NO2S/c1-4-5-7-11(2)14-12-8-6-9-13(10-12)17(3,15)16/h4,6,8-11,14H,1,5,7H2,2-3H3. The molecule has 0 aromatic heterocycles. The van der Waals surface area contributed by atoms with Gasteiger partial charge in [0, 0.05) is 18.0 Å². The van der Waals surface area contributed by atoms with Gasteiger partial charge < -0.3 is 5.32 Å². The molecule has 4 heteroatoms. The minimum Gasteiger partial charge on any atom is -0.383 e. The van der Waals surface area contributed by atoms with Crippen molar-refractivity contribution in [1.82, 2.24) is 0 Å². The van der Waals surface area contributed by atoms with Crippen molar-refractivity contribution in [2.75, 3.05) is 11.6 Å². The first-order valence-electron chi connectivity index (χ1n) is 5.61. The van der Waals surface area contributed by atoms with Crippen LogP contribution in [0.2, 0.25) is 0 Å². The zero-order valence-electron chi connectivity index (χ0n) is 10.3. The van der Waals surface area contributed by atoms with Crippen LogP contribution in [0.25, 0.3) is 0 Å². The van der Waals surface area contributed by atoms with Gasteiger partial charge in [0.15, 0.2) is 9.84 Å². The van der Waals surface area contributed by atoms with Gasteiger partial charge >= 0.3 is 0 Å². The van der Waals surface area contributed by atoms with Gasteiger partial charge in [-0.15, -0.1) is 6.58 Å². The monoisotopic (exact) mass is 253 g/mol. The second-order valence-corrected chi connectivity index (χ2v) is 6.23. The van der Waals surface area contributed by atoms with Gasteiger partial charge in [-0.05, 0) is 38.0 Å². The SMILES string of the molecule is C=CCCC(C)Nc1cccc(S(C)(=O)=O)c1. The predicted octanol–water partition coefficient (Wildman–Crippen LogP) is 2.86. The van der Waals surface area contributed by atoms with Crippen LogP contribution in [-0.4, -0.2) is 20.7 Å². The third-order valence-corrected chi connectivity index (χ3v) is 3.59. The van der Waals surface area contributed by atoms with Crippen molar-refractivity contribution in [3.05, 3.63) is 36.9 Å². The molecule has 0 radical (unpaired) electrons. The van der Waals surface area contributed by atoms with Gasteiger partial charge in [0.25, 0.3) is 0 Å². The Morgan fingerprint density at radius 2 is 2.18 bits per heavy atom. The number of sulfone groups is 1. The molecule has 0 aliphatic rings. The second kappa shape index (κ2) is 5.87. The van der Waals surface area contributed by atoms with Gasteiger partial charge in [-0.3, -0.25) is 0 Å². The highest BCUT2D eigenvalue weighted by Crippen LogP contribution is 2.16. The summed E-state index contributed by atoms with van der Waals surface area (Å²) in [5, 5.41) is 3.28. The first-order valence-corrected chi connectivity index (χ1v) is 7.50. The molecule has 0 bridgehead atoms. The zero-order valence-corrected chi connectivity index (χ0v) is 11.1. The van der Waals surface area contributed by atoms with Gasteiger partial charge in [0.2, 0.25) is 0 Å². The van der Waals surface area contributed by atoms with Crippen molar-refractivity contribution in [3.8, 4) is 0 Å². The minimum absolute atomic E-state index is 0.294. The summed E-state index contributed by atoms with van der Waals surface area (Å²) in [6, 6.07) is 7.19. The molecule has 1 rings (SSSR count). The number of anilines is 1. The first kappa shape index (κ1) is 13.8. The lowest BCUT2D eigenvalue weighted by atomic mass is 10.1. The lowest BCUT2D eigenvalue weighted by Crippen LogP contribution is -2.14. The first-order chi connectivity index (χ1) is 7.93. The fourth-order valence-corrected chi connectivity index (χ4v) is 2.21. The number of hydrogen-bond acceptors (Lipinski definition) is 3. The normalized spacial score (nSPS) is 13.1. The van der Waals surface area contributed by atoms with Crippen molar-refractivity contribution in [3.63, 3.8) is 0 Å². The molecule has 1 unspecified atom stereocenters. The highest BCUT2D eigenvalue weighted by atomic mass is 32.2. The Hall–Kier alpha value is -1.29. The van der Waals surface area contributed by atoms with Crippen molar-refractivity contribution in [2.45, 2.75) is 30.7 Å². The quantitative estimate of drug-likeness (QED) is 0.793. The summed E-state index contributed by atoms with van der Waals surface area (Å²) in [5.74, 6) is 0. The Morgan fingerprint density at radius 3 is 2.76 bits per heavy atom. The molecule has 94 valence electrons. The Labute approximate surface area is 103 Å². The summed E-state index contributed by atoms with van der Waals surface area (Å²) in [4.78, 5) is 0.346.